The monoisotopic (exact) mass is 460 g/mol. The molecule has 1 saturated heterocycles. The van der Waals surface area contributed by atoms with Gasteiger partial charge < -0.3 is 4.74 Å². The molecule has 0 N–H and O–H groups in total. The van der Waals surface area contributed by atoms with Crippen molar-refractivity contribution in [1.29, 1.82) is 0 Å². The summed E-state index contributed by atoms with van der Waals surface area (Å²) in [6.07, 6.45) is 1.87. The molecule has 1 aliphatic rings. The van der Waals surface area contributed by atoms with E-state index in [-0.39, 0.29) is 18.3 Å². The lowest BCUT2D eigenvalue weighted by molar-refractivity contribution is -0.122. The quantitative estimate of drug-likeness (QED) is 0.387. The van der Waals surface area contributed by atoms with E-state index >= 15 is 0 Å². The average Bonchev–Trinajstić information content (AvgIpc) is 3.10. The summed E-state index contributed by atoms with van der Waals surface area (Å²) in [5, 5.41) is 0.696. The van der Waals surface area contributed by atoms with Gasteiger partial charge in [0.2, 0.25) is 0 Å². The minimum atomic E-state index is -0.279. The summed E-state index contributed by atoms with van der Waals surface area (Å²) in [6.45, 7) is 6.85. The highest BCUT2D eigenvalue weighted by Crippen LogP contribution is 2.35. The first-order chi connectivity index (χ1) is 15.9. The van der Waals surface area contributed by atoms with Crippen molar-refractivity contribution in [2.75, 3.05) is 6.54 Å². The lowest BCUT2D eigenvalue weighted by Gasteiger charge is -2.13. The van der Waals surface area contributed by atoms with Crippen molar-refractivity contribution in [2.45, 2.75) is 27.4 Å². The molecule has 168 valence electrons. The molecule has 4 rings (SSSR count). The topological polar surface area (TPSA) is 41.9 Å². The predicted molar refractivity (Wildman–Crippen MR) is 133 cm³/mol. The maximum Gasteiger partial charge on any atom is 0.266 e. The molecule has 6 heteroatoms. The largest absolute Gasteiger partial charge is 0.489 e. The molecule has 1 fully saturated rings. The number of thioether (sulfide) groups is 1. The van der Waals surface area contributed by atoms with Gasteiger partial charge in [-0.1, -0.05) is 42.5 Å². The molecular formula is C27H25FN2O2S. The van der Waals surface area contributed by atoms with Crippen molar-refractivity contribution < 1.29 is 13.9 Å². The lowest BCUT2D eigenvalue weighted by Crippen LogP contribution is -2.28. The minimum absolute atomic E-state index is 0.0427. The summed E-state index contributed by atoms with van der Waals surface area (Å²) in [6, 6.07) is 19.9. The maximum atomic E-state index is 13.3. The molecule has 33 heavy (non-hydrogen) atoms. The molecule has 0 spiro atoms. The van der Waals surface area contributed by atoms with Crippen LogP contribution >= 0.6 is 11.8 Å². The van der Waals surface area contributed by atoms with Crippen LogP contribution in [0.2, 0.25) is 0 Å². The normalized spacial score (nSPS) is 16.1. The van der Waals surface area contributed by atoms with Crippen LogP contribution in [0.5, 0.6) is 5.75 Å². The van der Waals surface area contributed by atoms with Gasteiger partial charge in [0.15, 0.2) is 5.17 Å². The molecule has 0 atom stereocenters. The lowest BCUT2D eigenvalue weighted by atomic mass is 10.1. The van der Waals surface area contributed by atoms with Crippen LogP contribution in [-0.2, 0) is 11.4 Å². The number of benzene rings is 3. The minimum Gasteiger partial charge on any atom is -0.489 e. The van der Waals surface area contributed by atoms with E-state index in [1.54, 1.807) is 11.0 Å². The number of ether oxygens (including phenoxy) is 1. The summed E-state index contributed by atoms with van der Waals surface area (Å²) in [4.78, 5) is 20.1. The van der Waals surface area contributed by atoms with E-state index in [0.717, 1.165) is 27.9 Å². The van der Waals surface area contributed by atoms with E-state index in [4.69, 9.17) is 9.73 Å². The van der Waals surface area contributed by atoms with E-state index in [2.05, 4.69) is 0 Å². The van der Waals surface area contributed by atoms with Gasteiger partial charge in [-0.25, -0.2) is 9.38 Å². The molecule has 0 bridgehead atoms. The van der Waals surface area contributed by atoms with Crippen molar-refractivity contribution in [2.24, 2.45) is 4.99 Å². The maximum absolute atomic E-state index is 13.3. The van der Waals surface area contributed by atoms with Gasteiger partial charge in [-0.05, 0) is 85.1 Å². The van der Waals surface area contributed by atoms with Crippen molar-refractivity contribution in [1.82, 2.24) is 4.90 Å². The third-order valence-electron chi connectivity index (χ3n) is 5.32. The Morgan fingerprint density at radius 3 is 2.39 bits per heavy atom. The Morgan fingerprint density at radius 2 is 1.73 bits per heavy atom. The molecule has 3 aromatic carbocycles. The van der Waals surface area contributed by atoms with Gasteiger partial charge in [-0.2, -0.15) is 0 Å². The van der Waals surface area contributed by atoms with Crippen LogP contribution in [0.15, 0.2) is 76.6 Å². The van der Waals surface area contributed by atoms with Gasteiger partial charge in [0, 0.05) is 6.54 Å². The third-order valence-corrected chi connectivity index (χ3v) is 6.33. The zero-order valence-corrected chi connectivity index (χ0v) is 19.7. The Kier molecular flexibility index (Phi) is 6.94. The number of aliphatic imine (C=N–C) groups is 1. The molecule has 1 heterocycles. The van der Waals surface area contributed by atoms with Crippen LogP contribution in [0.3, 0.4) is 0 Å². The second kappa shape index (κ2) is 10.0. The number of amides is 1. The van der Waals surface area contributed by atoms with Crippen LogP contribution < -0.4 is 4.74 Å². The second-order valence-electron chi connectivity index (χ2n) is 7.78. The number of likely N-dealkylation sites (N-methyl/N-ethyl adjacent to an activating group) is 1. The Labute approximate surface area is 197 Å². The molecule has 0 radical (unpaired) electrons. The second-order valence-corrected chi connectivity index (χ2v) is 8.79. The number of para-hydroxylation sites is 1. The zero-order valence-electron chi connectivity index (χ0n) is 18.8. The summed E-state index contributed by atoms with van der Waals surface area (Å²) >= 11 is 1.39. The molecule has 0 aromatic heterocycles. The van der Waals surface area contributed by atoms with Crippen LogP contribution in [0.4, 0.5) is 10.1 Å². The highest BCUT2D eigenvalue weighted by atomic mass is 32.2. The molecule has 0 saturated carbocycles. The number of hydrogen-bond acceptors (Lipinski definition) is 4. The number of carbonyl (C=O) groups is 1. The number of hydrogen-bond donors (Lipinski definition) is 0. The van der Waals surface area contributed by atoms with E-state index in [0.29, 0.717) is 22.4 Å². The Hall–Kier alpha value is -3.38. The van der Waals surface area contributed by atoms with Crippen LogP contribution in [0, 0.1) is 19.7 Å². The van der Waals surface area contributed by atoms with Gasteiger partial charge in [-0.3, -0.25) is 9.69 Å². The van der Waals surface area contributed by atoms with Crippen molar-refractivity contribution in [3.63, 3.8) is 0 Å². The fraction of sp³-hybridized carbons (Fsp3) is 0.185. The number of rotatable bonds is 6. The fourth-order valence-corrected chi connectivity index (χ4v) is 4.60. The molecule has 1 aliphatic heterocycles. The number of aryl methyl sites for hydroxylation is 2. The fourth-order valence-electron chi connectivity index (χ4n) is 3.55. The summed E-state index contributed by atoms with van der Waals surface area (Å²) in [5.74, 6) is 0.358. The van der Waals surface area contributed by atoms with Gasteiger partial charge in [0.25, 0.3) is 5.91 Å². The molecule has 0 unspecified atom stereocenters. The first kappa shape index (κ1) is 22.8. The van der Waals surface area contributed by atoms with Crippen molar-refractivity contribution in [3.8, 4) is 5.75 Å². The summed E-state index contributed by atoms with van der Waals surface area (Å²) < 4.78 is 19.1. The van der Waals surface area contributed by atoms with Crippen LogP contribution in [0.25, 0.3) is 6.08 Å². The molecule has 4 nitrogen and oxygen atoms in total. The van der Waals surface area contributed by atoms with Crippen molar-refractivity contribution >= 4 is 34.6 Å². The van der Waals surface area contributed by atoms with Crippen molar-refractivity contribution in [3.05, 3.63) is 99.7 Å². The smallest absolute Gasteiger partial charge is 0.266 e. The predicted octanol–water partition coefficient (Wildman–Crippen LogP) is 6.65. The van der Waals surface area contributed by atoms with E-state index in [1.165, 1.54) is 23.9 Å². The van der Waals surface area contributed by atoms with Gasteiger partial charge in [-0.15, -0.1) is 0 Å². The number of carbonyl (C=O) groups excluding carboxylic acids is 1. The first-order valence-corrected chi connectivity index (χ1v) is 11.6. The Bertz CT molecular complexity index is 1210. The summed E-state index contributed by atoms with van der Waals surface area (Å²) in [5.41, 5.74) is 4.74. The zero-order chi connectivity index (χ0) is 23.4. The third kappa shape index (κ3) is 5.34. The number of amidine groups is 1. The first-order valence-electron chi connectivity index (χ1n) is 10.8. The Morgan fingerprint density at radius 1 is 1.03 bits per heavy atom. The SMILES string of the molecule is CCN1C(=O)/C(=C\c2ccc(OCc3cccc(F)c3)cc2)SC1=Nc1c(C)cccc1C. The number of halogens is 1. The molecule has 0 aliphatic carbocycles. The molecule has 3 aromatic rings. The van der Waals surface area contributed by atoms with E-state index in [9.17, 15) is 9.18 Å². The highest BCUT2D eigenvalue weighted by Gasteiger charge is 2.32. The van der Waals surface area contributed by atoms with Gasteiger partial charge in [0.1, 0.15) is 18.2 Å². The standard InChI is InChI=1S/C27H25FN2O2S/c1-4-30-26(31)24(33-27(30)29-25-18(2)7-5-8-19(25)3)16-20-11-13-23(14-12-20)32-17-21-9-6-10-22(28)15-21/h5-16H,4,17H2,1-3H3/b24-16+,29-27?. The number of nitrogens with zero attached hydrogens (tertiary/aromatic N) is 2. The average molecular weight is 461 g/mol. The highest BCUT2D eigenvalue weighted by molar-refractivity contribution is 8.18. The molecular weight excluding hydrogens is 435 g/mol. The summed E-state index contributed by atoms with van der Waals surface area (Å²) in [7, 11) is 0. The Balaban J connectivity index is 1.50. The van der Waals surface area contributed by atoms with Gasteiger partial charge in [0.05, 0.1) is 10.6 Å². The van der Waals surface area contributed by atoms with Crippen LogP contribution in [-0.4, -0.2) is 22.5 Å². The van der Waals surface area contributed by atoms with Gasteiger partial charge >= 0.3 is 0 Å². The van der Waals surface area contributed by atoms with Crippen LogP contribution in [0.1, 0.15) is 29.2 Å². The van der Waals surface area contributed by atoms with E-state index in [1.807, 2.05) is 75.4 Å². The molecule has 1 amide bonds. The van der Waals surface area contributed by atoms with E-state index < -0.39 is 0 Å².